The van der Waals surface area contributed by atoms with Crippen LogP contribution in [0.5, 0.6) is 0 Å². The van der Waals surface area contributed by atoms with Crippen LogP contribution < -0.4 is 5.73 Å². The maximum atomic E-state index is 11.4. The summed E-state index contributed by atoms with van der Waals surface area (Å²) in [7, 11) is 0. The van der Waals surface area contributed by atoms with Gasteiger partial charge in [0.2, 0.25) is 0 Å². The molecule has 5 nitrogen and oxygen atoms in total. The highest BCUT2D eigenvalue weighted by atomic mass is 16.5. The highest BCUT2D eigenvalue weighted by Crippen LogP contribution is 2.21. The zero-order chi connectivity index (χ0) is 11.4. The molecule has 5 heteroatoms. The minimum Gasteiger partial charge on any atom is -0.480 e. The third-order valence-corrected chi connectivity index (χ3v) is 1.90. The summed E-state index contributed by atoms with van der Waals surface area (Å²) in [5.74, 6) is -1.88. The van der Waals surface area contributed by atoms with Gasteiger partial charge in [-0.2, -0.15) is 0 Å². The molecule has 0 saturated heterocycles. The Kier molecular flexibility index (Phi) is 4.30. The van der Waals surface area contributed by atoms with Crippen molar-refractivity contribution in [3.63, 3.8) is 0 Å². The first-order chi connectivity index (χ1) is 6.34. The smallest absolute Gasteiger partial charge is 0.321 e. The Morgan fingerprint density at radius 1 is 1.64 bits per heavy atom. The lowest BCUT2D eigenvalue weighted by molar-refractivity contribution is -0.159. The molecule has 0 rings (SSSR count). The quantitative estimate of drug-likeness (QED) is 0.488. The molecular weight excluding hydrogens is 186 g/mol. The van der Waals surface area contributed by atoms with E-state index in [1.807, 2.05) is 0 Å². The first-order valence-electron chi connectivity index (χ1n) is 4.10. The lowest BCUT2D eigenvalue weighted by atomic mass is 9.85. The summed E-state index contributed by atoms with van der Waals surface area (Å²) in [5, 5.41) is 8.64. The van der Waals surface area contributed by atoms with Gasteiger partial charge in [0.05, 0.1) is 5.41 Å². The van der Waals surface area contributed by atoms with Crippen LogP contribution in [0.4, 0.5) is 0 Å². The highest BCUT2D eigenvalue weighted by Gasteiger charge is 2.40. The van der Waals surface area contributed by atoms with Crippen LogP contribution in [-0.2, 0) is 14.3 Å². The molecule has 1 atom stereocenters. The molecule has 0 amide bonds. The van der Waals surface area contributed by atoms with Gasteiger partial charge >= 0.3 is 11.9 Å². The Labute approximate surface area is 82.5 Å². The van der Waals surface area contributed by atoms with Gasteiger partial charge in [0.1, 0.15) is 12.6 Å². The summed E-state index contributed by atoms with van der Waals surface area (Å²) in [6.45, 7) is 6.28. The van der Waals surface area contributed by atoms with Crippen LogP contribution in [0, 0.1) is 5.41 Å². The fraction of sp³-hybridized carbons (Fsp3) is 0.556. The van der Waals surface area contributed by atoms with Crippen molar-refractivity contribution in [1.29, 1.82) is 0 Å². The van der Waals surface area contributed by atoms with Crippen LogP contribution in [0.2, 0.25) is 0 Å². The van der Waals surface area contributed by atoms with E-state index < -0.39 is 23.4 Å². The monoisotopic (exact) mass is 201 g/mol. The van der Waals surface area contributed by atoms with Crippen LogP contribution in [0.1, 0.15) is 13.8 Å². The molecule has 0 spiro atoms. The molecule has 0 aromatic carbocycles. The van der Waals surface area contributed by atoms with Gasteiger partial charge < -0.3 is 15.6 Å². The SMILES string of the molecule is C=CCOC(=O)C(C)(C)C(N)C(=O)O. The second kappa shape index (κ2) is 4.76. The molecule has 0 aliphatic carbocycles. The van der Waals surface area contributed by atoms with E-state index in [0.717, 1.165) is 0 Å². The zero-order valence-corrected chi connectivity index (χ0v) is 8.32. The second-order valence-electron chi connectivity index (χ2n) is 3.42. The molecule has 0 heterocycles. The van der Waals surface area contributed by atoms with Crippen LogP contribution in [-0.4, -0.2) is 29.7 Å². The maximum absolute atomic E-state index is 11.4. The number of carboxylic acids is 1. The molecule has 0 aromatic rings. The third kappa shape index (κ3) is 2.85. The van der Waals surface area contributed by atoms with Crippen molar-refractivity contribution in [2.75, 3.05) is 6.61 Å². The summed E-state index contributed by atoms with van der Waals surface area (Å²) in [4.78, 5) is 21.9. The number of carbonyl (C=O) groups is 2. The number of esters is 1. The minimum absolute atomic E-state index is 0.0502. The van der Waals surface area contributed by atoms with Crippen LogP contribution in [0.15, 0.2) is 12.7 Å². The Morgan fingerprint density at radius 2 is 2.14 bits per heavy atom. The lowest BCUT2D eigenvalue weighted by Gasteiger charge is -2.25. The number of nitrogens with two attached hydrogens (primary N) is 1. The number of aliphatic carboxylic acids is 1. The van der Waals surface area contributed by atoms with Gasteiger partial charge in [-0.1, -0.05) is 12.7 Å². The number of carbonyl (C=O) groups excluding carboxylic acids is 1. The van der Waals surface area contributed by atoms with Crippen LogP contribution in [0.25, 0.3) is 0 Å². The molecule has 0 aliphatic rings. The molecule has 1 unspecified atom stereocenters. The van der Waals surface area contributed by atoms with Crippen molar-refractivity contribution in [2.45, 2.75) is 19.9 Å². The van der Waals surface area contributed by atoms with Gasteiger partial charge in [0, 0.05) is 0 Å². The Morgan fingerprint density at radius 3 is 2.50 bits per heavy atom. The summed E-state index contributed by atoms with van der Waals surface area (Å²) in [6, 6.07) is -1.28. The predicted octanol–water partition coefficient (Wildman–Crippen LogP) is 0.154. The number of hydrogen-bond acceptors (Lipinski definition) is 4. The van der Waals surface area contributed by atoms with Gasteiger partial charge in [-0.3, -0.25) is 9.59 Å². The maximum Gasteiger partial charge on any atom is 0.321 e. The zero-order valence-electron chi connectivity index (χ0n) is 8.32. The lowest BCUT2D eigenvalue weighted by Crippen LogP contribution is -2.49. The van der Waals surface area contributed by atoms with E-state index in [9.17, 15) is 9.59 Å². The normalized spacial score (nSPS) is 13.1. The highest BCUT2D eigenvalue weighted by molar-refractivity contribution is 5.86. The van der Waals surface area contributed by atoms with E-state index in [0.29, 0.717) is 0 Å². The van der Waals surface area contributed by atoms with E-state index in [-0.39, 0.29) is 6.61 Å². The Bertz CT molecular complexity index is 247. The number of rotatable bonds is 5. The number of carboxylic acid groups (broad SMARTS) is 1. The first-order valence-corrected chi connectivity index (χ1v) is 4.10. The second-order valence-corrected chi connectivity index (χ2v) is 3.42. The molecule has 80 valence electrons. The number of ether oxygens (including phenoxy) is 1. The average molecular weight is 201 g/mol. The van der Waals surface area contributed by atoms with Crippen molar-refractivity contribution in [3.8, 4) is 0 Å². The topological polar surface area (TPSA) is 89.6 Å². The molecule has 0 bridgehead atoms. The first kappa shape index (κ1) is 12.6. The fourth-order valence-corrected chi connectivity index (χ4v) is 0.756. The average Bonchev–Trinajstić information content (AvgIpc) is 2.12. The van der Waals surface area contributed by atoms with Crippen molar-refractivity contribution < 1.29 is 19.4 Å². The van der Waals surface area contributed by atoms with Crippen LogP contribution >= 0.6 is 0 Å². The molecule has 0 aliphatic heterocycles. The standard InChI is InChI=1S/C9H15NO4/c1-4-5-14-8(13)9(2,3)6(10)7(11)12/h4,6H,1,5,10H2,2-3H3,(H,11,12). The minimum atomic E-state index is -1.28. The van der Waals surface area contributed by atoms with Gasteiger partial charge in [0.25, 0.3) is 0 Å². The van der Waals surface area contributed by atoms with Crippen molar-refractivity contribution in [2.24, 2.45) is 11.1 Å². The van der Waals surface area contributed by atoms with E-state index in [4.69, 9.17) is 15.6 Å². The van der Waals surface area contributed by atoms with Crippen LogP contribution in [0.3, 0.4) is 0 Å². The van der Waals surface area contributed by atoms with E-state index in [1.165, 1.54) is 19.9 Å². The predicted molar refractivity (Wildman–Crippen MR) is 50.5 cm³/mol. The Hall–Kier alpha value is -1.36. The number of hydrogen-bond donors (Lipinski definition) is 2. The third-order valence-electron chi connectivity index (χ3n) is 1.90. The molecular formula is C9H15NO4. The van der Waals surface area contributed by atoms with Gasteiger partial charge in [-0.05, 0) is 13.8 Å². The summed E-state index contributed by atoms with van der Waals surface area (Å²) in [5.41, 5.74) is 4.10. The fourth-order valence-electron chi connectivity index (χ4n) is 0.756. The van der Waals surface area contributed by atoms with E-state index in [2.05, 4.69) is 6.58 Å². The summed E-state index contributed by atoms with van der Waals surface area (Å²) >= 11 is 0. The van der Waals surface area contributed by atoms with Gasteiger partial charge in [-0.25, -0.2) is 0 Å². The molecule has 0 radical (unpaired) electrons. The van der Waals surface area contributed by atoms with Crippen molar-refractivity contribution in [3.05, 3.63) is 12.7 Å². The van der Waals surface area contributed by atoms with Gasteiger partial charge in [-0.15, -0.1) is 0 Å². The van der Waals surface area contributed by atoms with E-state index >= 15 is 0 Å². The molecule has 0 saturated carbocycles. The molecule has 14 heavy (non-hydrogen) atoms. The molecule has 0 aromatic heterocycles. The van der Waals surface area contributed by atoms with Crippen molar-refractivity contribution >= 4 is 11.9 Å². The summed E-state index contributed by atoms with van der Waals surface area (Å²) in [6.07, 6.45) is 1.40. The largest absolute Gasteiger partial charge is 0.480 e. The molecule has 0 fully saturated rings. The Balaban J connectivity index is 4.51. The van der Waals surface area contributed by atoms with Crippen molar-refractivity contribution in [1.82, 2.24) is 0 Å². The van der Waals surface area contributed by atoms with Gasteiger partial charge in [0.15, 0.2) is 0 Å². The summed E-state index contributed by atoms with van der Waals surface area (Å²) < 4.78 is 4.73. The van der Waals surface area contributed by atoms with E-state index in [1.54, 1.807) is 0 Å². The molecule has 3 N–H and O–H groups in total.